The molecule has 2 aromatic rings. The number of carbonyl (C=O) groups is 1. The van der Waals surface area contributed by atoms with Gasteiger partial charge in [-0.3, -0.25) is 4.79 Å². The lowest BCUT2D eigenvalue weighted by Crippen LogP contribution is -2.18. The van der Waals surface area contributed by atoms with Crippen LogP contribution < -0.4 is 5.73 Å². The second kappa shape index (κ2) is 4.09. The molecule has 82 valence electrons. The third kappa shape index (κ3) is 1.90. The van der Waals surface area contributed by atoms with Crippen molar-refractivity contribution in [2.45, 2.75) is 12.8 Å². The maximum atomic E-state index is 11.1. The lowest BCUT2D eigenvalue weighted by Gasteiger charge is -2.07. The summed E-state index contributed by atoms with van der Waals surface area (Å²) in [7, 11) is 0. The number of nitrogens with two attached hydrogens (primary N) is 1. The van der Waals surface area contributed by atoms with Crippen molar-refractivity contribution in [2.75, 3.05) is 0 Å². The summed E-state index contributed by atoms with van der Waals surface area (Å²) in [5.41, 5.74) is 6.90. The zero-order chi connectivity index (χ0) is 11.5. The normalized spacial score (nSPS) is 12.3. The van der Waals surface area contributed by atoms with Crippen LogP contribution in [0.4, 0.5) is 0 Å². The van der Waals surface area contributed by atoms with Crippen LogP contribution in [0.15, 0.2) is 24.3 Å². The molecule has 1 unspecified atom stereocenters. The van der Waals surface area contributed by atoms with E-state index in [9.17, 15) is 4.79 Å². The molecule has 0 spiro atoms. The molecule has 0 saturated heterocycles. The lowest BCUT2D eigenvalue weighted by atomic mass is 9.98. The Bertz CT molecular complexity index is 494. The Balaban J connectivity index is 2.37. The van der Waals surface area contributed by atoms with Crippen LogP contribution in [-0.4, -0.2) is 26.5 Å². The molecule has 1 aromatic heterocycles. The van der Waals surface area contributed by atoms with Crippen molar-refractivity contribution in [3.8, 4) is 11.4 Å². The molecule has 0 saturated carbocycles. The predicted molar refractivity (Wildman–Crippen MR) is 57.2 cm³/mol. The summed E-state index contributed by atoms with van der Waals surface area (Å²) >= 11 is 0. The molecule has 0 aliphatic carbocycles. The van der Waals surface area contributed by atoms with E-state index < -0.39 is 0 Å². The van der Waals surface area contributed by atoms with Crippen molar-refractivity contribution >= 4 is 5.91 Å². The molecule has 0 fully saturated rings. The van der Waals surface area contributed by atoms with E-state index in [0.717, 1.165) is 11.1 Å². The minimum atomic E-state index is -0.356. The van der Waals surface area contributed by atoms with Crippen molar-refractivity contribution in [3.63, 3.8) is 0 Å². The van der Waals surface area contributed by atoms with Crippen LogP contribution in [0.5, 0.6) is 0 Å². The van der Waals surface area contributed by atoms with Crippen LogP contribution >= 0.6 is 0 Å². The van der Waals surface area contributed by atoms with Gasteiger partial charge in [0.15, 0.2) is 0 Å². The number of hydrogen-bond donors (Lipinski definition) is 2. The first kappa shape index (κ1) is 10.3. The Labute approximate surface area is 91.9 Å². The van der Waals surface area contributed by atoms with Gasteiger partial charge in [0.1, 0.15) is 0 Å². The zero-order valence-corrected chi connectivity index (χ0v) is 8.71. The fourth-order valence-electron chi connectivity index (χ4n) is 1.40. The number of amides is 1. The van der Waals surface area contributed by atoms with E-state index in [1.165, 1.54) is 0 Å². The number of primary amides is 1. The summed E-state index contributed by atoms with van der Waals surface area (Å²) in [6.07, 6.45) is 0. The largest absolute Gasteiger partial charge is 0.369 e. The highest BCUT2D eigenvalue weighted by atomic mass is 16.1. The Morgan fingerprint density at radius 1 is 1.50 bits per heavy atom. The number of benzene rings is 1. The number of aromatic amines is 1. The highest BCUT2D eigenvalue weighted by molar-refractivity contribution is 5.81. The van der Waals surface area contributed by atoms with Gasteiger partial charge in [-0.1, -0.05) is 18.2 Å². The van der Waals surface area contributed by atoms with E-state index in [2.05, 4.69) is 20.6 Å². The first-order valence-corrected chi connectivity index (χ1v) is 4.81. The summed E-state index contributed by atoms with van der Waals surface area (Å²) in [6, 6.07) is 7.36. The van der Waals surface area contributed by atoms with Crippen molar-refractivity contribution in [2.24, 2.45) is 5.73 Å². The second-order valence-electron chi connectivity index (χ2n) is 3.48. The molecule has 6 nitrogen and oxygen atoms in total. The van der Waals surface area contributed by atoms with Gasteiger partial charge < -0.3 is 5.73 Å². The van der Waals surface area contributed by atoms with E-state index in [1.807, 2.05) is 24.3 Å². The SMILES string of the molecule is CC(C(N)=O)c1cccc(-c2nn[nH]n2)c1. The summed E-state index contributed by atoms with van der Waals surface area (Å²) < 4.78 is 0. The minimum Gasteiger partial charge on any atom is -0.369 e. The number of rotatable bonds is 3. The minimum absolute atomic E-state index is 0.327. The van der Waals surface area contributed by atoms with Gasteiger partial charge in [0.25, 0.3) is 0 Å². The molecule has 1 amide bonds. The van der Waals surface area contributed by atoms with Gasteiger partial charge in [-0.05, 0) is 23.8 Å². The molecule has 1 atom stereocenters. The van der Waals surface area contributed by atoms with Gasteiger partial charge in [0.2, 0.25) is 11.7 Å². The summed E-state index contributed by atoms with van der Waals surface area (Å²) in [4.78, 5) is 11.1. The Hall–Kier alpha value is -2.24. The molecule has 2 rings (SSSR count). The quantitative estimate of drug-likeness (QED) is 0.780. The Kier molecular flexibility index (Phi) is 2.63. The lowest BCUT2D eigenvalue weighted by molar-refractivity contribution is -0.119. The zero-order valence-electron chi connectivity index (χ0n) is 8.71. The molecule has 0 aliphatic rings. The van der Waals surface area contributed by atoms with E-state index in [4.69, 9.17) is 5.73 Å². The van der Waals surface area contributed by atoms with Crippen LogP contribution in [0.25, 0.3) is 11.4 Å². The first-order valence-electron chi connectivity index (χ1n) is 4.81. The van der Waals surface area contributed by atoms with E-state index in [-0.39, 0.29) is 11.8 Å². The molecule has 1 heterocycles. The Morgan fingerprint density at radius 2 is 2.31 bits per heavy atom. The van der Waals surface area contributed by atoms with Crippen LogP contribution in [0.1, 0.15) is 18.4 Å². The first-order chi connectivity index (χ1) is 7.68. The van der Waals surface area contributed by atoms with Crippen molar-refractivity contribution in [3.05, 3.63) is 29.8 Å². The number of tetrazole rings is 1. The average molecular weight is 217 g/mol. The number of nitrogens with one attached hydrogen (secondary N) is 1. The van der Waals surface area contributed by atoms with Crippen molar-refractivity contribution in [1.82, 2.24) is 20.6 Å². The third-order valence-electron chi connectivity index (χ3n) is 2.42. The molecular weight excluding hydrogens is 206 g/mol. The van der Waals surface area contributed by atoms with E-state index in [1.54, 1.807) is 6.92 Å². The number of carbonyl (C=O) groups excluding carboxylic acids is 1. The summed E-state index contributed by atoms with van der Waals surface area (Å²) in [5.74, 6) is -0.185. The molecule has 0 radical (unpaired) electrons. The fraction of sp³-hybridized carbons (Fsp3) is 0.200. The molecule has 6 heteroatoms. The molecule has 3 N–H and O–H groups in total. The third-order valence-corrected chi connectivity index (χ3v) is 2.42. The van der Waals surface area contributed by atoms with Crippen LogP contribution in [-0.2, 0) is 4.79 Å². The van der Waals surface area contributed by atoms with Gasteiger partial charge >= 0.3 is 0 Å². The number of aromatic nitrogens is 4. The topological polar surface area (TPSA) is 97.5 Å². The maximum Gasteiger partial charge on any atom is 0.224 e. The highest BCUT2D eigenvalue weighted by Crippen LogP contribution is 2.20. The van der Waals surface area contributed by atoms with Crippen molar-refractivity contribution in [1.29, 1.82) is 0 Å². The molecular formula is C10H11N5O. The number of hydrogen-bond acceptors (Lipinski definition) is 4. The molecule has 16 heavy (non-hydrogen) atoms. The predicted octanol–water partition coefficient (Wildman–Crippen LogP) is 0.455. The summed E-state index contributed by atoms with van der Waals surface area (Å²) in [5, 5.41) is 13.6. The van der Waals surface area contributed by atoms with Crippen LogP contribution in [0, 0.1) is 0 Å². The number of H-pyrrole nitrogens is 1. The second-order valence-corrected chi connectivity index (χ2v) is 3.48. The molecule has 1 aromatic carbocycles. The van der Waals surface area contributed by atoms with Gasteiger partial charge in [-0.2, -0.15) is 5.21 Å². The smallest absolute Gasteiger partial charge is 0.224 e. The van der Waals surface area contributed by atoms with E-state index in [0.29, 0.717) is 5.82 Å². The Morgan fingerprint density at radius 3 is 2.94 bits per heavy atom. The van der Waals surface area contributed by atoms with E-state index >= 15 is 0 Å². The van der Waals surface area contributed by atoms with Gasteiger partial charge in [-0.25, -0.2) is 0 Å². The van der Waals surface area contributed by atoms with Gasteiger partial charge in [-0.15, -0.1) is 10.2 Å². The fourth-order valence-corrected chi connectivity index (χ4v) is 1.40. The highest BCUT2D eigenvalue weighted by Gasteiger charge is 2.12. The van der Waals surface area contributed by atoms with Crippen LogP contribution in [0.3, 0.4) is 0 Å². The monoisotopic (exact) mass is 217 g/mol. The standard InChI is InChI=1S/C10H11N5O/c1-6(9(11)16)7-3-2-4-8(5-7)10-12-14-15-13-10/h2-6H,1H3,(H2,11,16)(H,12,13,14,15). The summed E-state index contributed by atoms with van der Waals surface area (Å²) in [6.45, 7) is 1.76. The molecule has 0 aliphatic heterocycles. The van der Waals surface area contributed by atoms with Gasteiger partial charge in [0, 0.05) is 5.56 Å². The maximum absolute atomic E-state index is 11.1. The number of nitrogens with zero attached hydrogens (tertiary/aromatic N) is 3. The molecule has 0 bridgehead atoms. The average Bonchev–Trinajstić information content (AvgIpc) is 2.81. The van der Waals surface area contributed by atoms with Crippen molar-refractivity contribution < 1.29 is 4.79 Å². The van der Waals surface area contributed by atoms with Gasteiger partial charge in [0.05, 0.1) is 5.92 Å². The van der Waals surface area contributed by atoms with Crippen LogP contribution in [0.2, 0.25) is 0 Å².